The fraction of sp³-hybridized carbons (Fsp3) is 0.714. The maximum Gasteiger partial charge on any atom is 0.151 e. The average Bonchev–Trinajstić information content (AvgIpc) is 2.40. The molecule has 0 spiro atoms. The minimum atomic E-state index is 0.497. The van der Waals surface area contributed by atoms with E-state index in [9.17, 15) is 0 Å². The van der Waals surface area contributed by atoms with Crippen LogP contribution in [0.3, 0.4) is 0 Å². The minimum absolute atomic E-state index is 0.497. The second-order valence-electron chi connectivity index (χ2n) is 5.36. The summed E-state index contributed by atoms with van der Waals surface area (Å²) in [6.45, 7) is 9.44. The predicted molar refractivity (Wildman–Crippen MR) is 78.3 cm³/mol. The molecule has 2 heterocycles. The first-order valence-electron chi connectivity index (χ1n) is 7.19. The van der Waals surface area contributed by atoms with Gasteiger partial charge in [0, 0.05) is 32.2 Å². The van der Waals surface area contributed by atoms with Crippen LogP contribution in [-0.4, -0.2) is 54.4 Å². The summed E-state index contributed by atoms with van der Waals surface area (Å²) in [4.78, 5) is 4.70. The number of hydrogen-bond donors (Lipinski definition) is 1. The Morgan fingerprint density at radius 3 is 2.79 bits per heavy atom. The summed E-state index contributed by atoms with van der Waals surface area (Å²) in [6.07, 6.45) is 1.14. The monoisotopic (exact) mass is 263 g/mol. The zero-order chi connectivity index (χ0) is 13.7. The number of hydrogen-bond acceptors (Lipinski definition) is 5. The van der Waals surface area contributed by atoms with E-state index in [1.54, 1.807) is 0 Å². The van der Waals surface area contributed by atoms with Gasteiger partial charge in [0.2, 0.25) is 0 Å². The first-order chi connectivity index (χ1) is 9.20. The molecule has 5 nitrogen and oxygen atoms in total. The van der Waals surface area contributed by atoms with E-state index in [1.807, 2.05) is 0 Å². The second kappa shape index (κ2) is 6.82. The summed E-state index contributed by atoms with van der Waals surface area (Å²) in [7, 11) is 2.17. The van der Waals surface area contributed by atoms with Gasteiger partial charge in [0.15, 0.2) is 5.82 Å². The van der Waals surface area contributed by atoms with Gasteiger partial charge in [0.05, 0.1) is 5.69 Å². The number of likely N-dealkylation sites (N-methyl/N-ethyl adjacent to an activating group) is 1. The van der Waals surface area contributed by atoms with Crippen LogP contribution in [0.15, 0.2) is 12.1 Å². The molecule has 106 valence electrons. The van der Waals surface area contributed by atoms with E-state index >= 15 is 0 Å². The predicted octanol–water partition coefficient (Wildman–Crippen LogP) is 1.12. The van der Waals surface area contributed by atoms with Crippen LogP contribution in [0.1, 0.15) is 26.0 Å². The van der Waals surface area contributed by atoms with Crippen molar-refractivity contribution in [3.8, 4) is 0 Å². The largest absolute Gasteiger partial charge is 0.350 e. The van der Waals surface area contributed by atoms with Gasteiger partial charge in [-0.2, -0.15) is 5.10 Å². The molecule has 1 atom stereocenters. The molecular formula is C14H25N5. The summed E-state index contributed by atoms with van der Waals surface area (Å²) in [5, 5.41) is 12.0. The lowest BCUT2D eigenvalue weighted by Crippen LogP contribution is -2.50. The van der Waals surface area contributed by atoms with Crippen LogP contribution in [0, 0.1) is 0 Å². The molecule has 1 saturated heterocycles. The van der Waals surface area contributed by atoms with Crippen molar-refractivity contribution in [3.05, 3.63) is 17.8 Å². The van der Waals surface area contributed by atoms with E-state index in [0.29, 0.717) is 6.04 Å². The Hall–Kier alpha value is -1.20. The quantitative estimate of drug-likeness (QED) is 0.807. The number of rotatable bonds is 5. The van der Waals surface area contributed by atoms with Crippen molar-refractivity contribution in [2.45, 2.75) is 32.9 Å². The van der Waals surface area contributed by atoms with Crippen molar-refractivity contribution in [3.63, 3.8) is 0 Å². The van der Waals surface area contributed by atoms with Crippen molar-refractivity contribution >= 4 is 5.82 Å². The number of anilines is 1. The van der Waals surface area contributed by atoms with Crippen LogP contribution in [0.5, 0.6) is 0 Å². The van der Waals surface area contributed by atoms with Crippen molar-refractivity contribution < 1.29 is 0 Å². The summed E-state index contributed by atoms with van der Waals surface area (Å²) in [5.74, 6) is 1.000. The molecule has 1 aliphatic rings. The van der Waals surface area contributed by atoms with Crippen molar-refractivity contribution in [1.29, 1.82) is 0 Å². The molecule has 5 heteroatoms. The molecule has 2 rings (SSSR count). The Morgan fingerprint density at radius 2 is 2.16 bits per heavy atom. The molecule has 0 aromatic carbocycles. The van der Waals surface area contributed by atoms with Gasteiger partial charge in [-0.15, -0.1) is 5.10 Å². The lowest BCUT2D eigenvalue weighted by molar-refractivity contribution is 0.274. The number of aromatic nitrogens is 2. The Balaban J connectivity index is 1.94. The van der Waals surface area contributed by atoms with E-state index in [4.69, 9.17) is 0 Å². The molecule has 0 saturated carbocycles. The first-order valence-corrected chi connectivity index (χ1v) is 7.19. The SMILES string of the molecule is CCCNCc1ccc(N2CCN(C)CC2C)nn1. The van der Waals surface area contributed by atoms with E-state index in [1.165, 1.54) is 0 Å². The highest BCUT2D eigenvalue weighted by Crippen LogP contribution is 2.16. The van der Waals surface area contributed by atoms with Crippen LogP contribution >= 0.6 is 0 Å². The molecule has 1 aromatic rings. The Bertz CT molecular complexity index is 378. The molecule has 0 radical (unpaired) electrons. The van der Waals surface area contributed by atoms with Crippen LogP contribution in [-0.2, 0) is 6.54 Å². The number of piperazine rings is 1. The van der Waals surface area contributed by atoms with E-state index in [0.717, 1.165) is 50.7 Å². The number of nitrogens with one attached hydrogen (secondary N) is 1. The van der Waals surface area contributed by atoms with Gasteiger partial charge in [-0.1, -0.05) is 6.92 Å². The summed E-state index contributed by atoms with van der Waals surface area (Å²) >= 11 is 0. The summed E-state index contributed by atoms with van der Waals surface area (Å²) < 4.78 is 0. The van der Waals surface area contributed by atoms with Gasteiger partial charge in [-0.25, -0.2) is 0 Å². The second-order valence-corrected chi connectivity index (χ2v) is 5.36. The fourth-order valence-corrected chi connectivity index (χ4v) is 2.47. The smallest absolute Gasteiger partial charge is 0.151 e. The van der Waals surface area contributed by atoms with Gasteiger partial charge in [0.1, 0.15) is 0 Å². The minimum Gasteiger partial charge on any atom is -0.350 e. The van der Waals surface area contributed by atoms with Gasteiger partial charge < -0.3 is 15.1 Å². The van der Waals surface area contributed by atoms with Gasteiger partial charge >= 0.3 is 0 Å². The third kappa shape index (κ3) is 3.88. The fourth-order valence-electron chi connectivity index (χ4n) is 2.47. The van der Waals surface area contributed by atoms with Crippen molar-refractivity contribution in [1.82, 2.24) is 20.4 Å². The maximum atomic E-state index is 4.37. The van der Waals surface area contributed by atoms with Crippen molar-refractivity contribution in [2.75, 3.05) is 38.1 Å². The molecular weight excluding hydrogens is 238 g/mol. The Kier molecular flexibility index (Phi) is 5.10. The molecule has 1 unspecified atom stereocenters. The molecule has 0 bridgehead atoms. The van der Waals surface area contributed by atoms with Gasteiger partial charge in [0.25, 0.3) is 0 Å². The van der Waals surface area contributed by atoms with E-state index < -0.39 is 0 Å². The lowest BCUT2D eigenvalue weighted by atomic mass is 10.2. The Morgan fingerprint density at radius 1 is 1.32 bits per heavy atom. The third-order valence-corrected chi connectivity index (χ3v) is 3.56. The van der Waals surface area contributed by atoms with Crippen LogP contribution in [0.4, 0.5) is 5.82 Å². The summed E-state index contributed by atoms with van der Waals surface area (Å²) in [6, 6.07) is 4.67. The van der Waals surface area contributed by atoms with E-state index in [2.05, 4.69) is 58.3 Å². The average molecular weight is 263 g/mol. The highest BCUT2D eigenvalue weighted by molar-refractivity contribution is 5.39. The van der Waals surface area contributed by atoms with Gasteiger partial charge in [-0.3, -0.25) is 0 Å². The number of nitrogens with zero attached hydrogens (tertiary/aromatic N) is 4. The van der Waals surface area contributed by atoms with Gasteiger partial charge in [-0.05, 0) is 39.1 Å². The molecule has 0 amide bonds. The molecule has 0 aliphatic carbocycles. The first kappa shape index (κ1) is 14.2. The standard InChI is InChI=1S/C14H25N5/c1-4-7-15-10-13-5-6-14(17-16-13)19-9-8-18(3)11-12(19)2/h5-6,12,15H,4,7-11H2,1-3H3. The highest BCUT2D eigenvalue weighted by Gasteiger charge is 2.22. The zero-order valence-electron chi connectivity index (χ0n) is 12.3. The highest BCUT2D eigenvalue weighted by atomic mass is 15.3. The zero-order valence-corrected chi connectivity index (χ0v) is 12.3. The Labute approximate surface area is 116 Å². The van der Waals surface area contributed by atoms with Crippen LogP contribution in [0.25, 0.3) is 0 Å². The van der Waals surface area contributed by atoms with Crippen LogP contribution in [0.2, 0.25) is 0 Å². The van der Waals surface area contributed by atoms with Crippen molar-refractivity contribution in [2.24, 2.45) is 0 Å². The molecule has 19 heavy (non-hydrogen) atoms. The molecule has 1 aliphatic heterocycles. The molecule has 1 aromatic heterocycles. The molecule has 1 fully saturated rings. The summed E-state index contributed by atoms with van der Waals surface area (Å²) in [5.41, 5.74) is 1.01. The topological polar surface area (TPSA) is 44.3 Å². The third-order valence-electron chi connectivity index (χ3n) is 3.56. The molecule has 1 N–H and O–H groups in total. The van der Waals surface area contributed by atoms with E-state index in [-0.39, 0.29) is 0 Å². The normalized spacial score (nSPS) is 20.8. The van der Waals surface area contributed by atoms with Crippen LogP contribution < -0.4 is 10.2 Å². The lowest BCUT2D eigenvalue weighted by Gasteiger charge is -2.38. The maximum absolute atomic E-state index is 4.37.